The highest BCUT2D eigenvalue weighted by Crippen LogP contribution is 2.36. The molecule has 39 heavy (non-hydrogen) atoms. The number of ether oxygens (including phenoxy) is 3. The number of hydrogen-bond donors (Lipinski definition) is 11. The lowest BCUT2D eigenvalue weighted by Gasteiger charge is -2.51. The highest BCUT2D eigenvalue weighted by Gasteiger charge is 2.53. The van der Waals surface area contributed by atoms with Crippen molar-refractivity contribution in [3.8, 4) is 0 Å². The van der Waals surface area contributed by atoms with Crippen LogP contribution < -0.4 is 33.6 Å². The van der Waals surface area contributed by atoms with Gasteiger partial charge in [0.1, 0.15) is 30.5 Å². The predicted octanol–water partition coefficient (Wildman–Crippen LogP) is -5.48. The molecule has 0 aromatic carbocycles. The van der Waals surface area contributed by atoms with Gasteiger partial charge >= 0.3 is 0 Å². The third-order valence-corrected chi connectivity index (χ3v) is 8.04. The molecule has 3 aliphatic rings. The summed E-state index contributed by atoms with van der Waals surface area (Å²) in [6.45, 7) is 2.86. The first-order valence-electron chi connectivity index (χ1n) is 13.8. The van der Waals surface area contributed by atoms with Crippen molar-refractivity contribution in [2.75, 3.05) is 26.2 Å². The third kappa shape index (κ3) is 7.62. The van der Waals surface area contributed by atoms with E-state index in [0.29, 0.717) is 13.0 Å². The molecule has 0 radical (unpaired) electrons. The molecule has 0 aromatic heterocycles. The van der Waals surface area contributed by atoms with Crippen molar-refractivity contribution in [1.82, 2.24) is 10.6 Å². The second kappa shape index (κ2) is 14.7. The van der Waals surface area contributed by atoms with Gasteiger partial charge in [-0.2, -0.15) is 0 Å². The van der Waals surface area contributed by atoms with Crippen LogP contribution in [0.2, 0.25) is 0 Å². The molecule has 3 fully saturated rings. The SMILES string of the molecule is CCNCC1CCC(N)C(C2C(N)CC(NC(=O)C(O)CCN)C(OC3OC(CO)C(O)C(N)C3O)C2O)O1. The highest BCUT2D eigenvalue weighted by molar-refractivity contribution is 5.80. The summed E-state index contributed by atoms with van der Waals surface area (Å²) in [5.74, 6) is -1.43. The van der Waals surface area contributed by atoms with E-state index in [2.05, 4.69) is 10.6 Å². The van der Waals surface area contributed by atoms with Gasteiger partial charge in [0.2, 0.25) is 5.91 Å². The summed E-state index contributed by atoms with van der Waals surface area (Å²) < 4.78 is 17.9. The number of carbonyl (C=O) groups is 1. The lowest BCUT2D eigenvalue weighted by Crippen LogP contribution is -2.69. The molecule has 15 nitrogen and oxygen atoms in total. The van der Waals surface area contributed by atoms with Crippen molar-refractivity contribution in [1.29, 1.82) is 0 Å². The second-order valence-corrected chi connectivity index (χ2v) is 10.8. The average molecular weight is 565 g/mol. The van der Waals surface area contributed by atoms with Crippen molar-refractivity contribution in [3.05, 3.63) is 0 Å². The minimum absolute atomic E-state index is 0.0225. The number of hydrogen-bond acceptors (Lipinski definition) is 14. The van der Waals surface area contributed by atoms with Crippen molar-refractivity contribution in [3.63, 3.8) is 0 Å². The van der Waals surface area contributed by atoms with Gasteiger partial charge in [0.25, 0.3) is 0 Å². The Kier molecular flexibility index (Phi) is 12.3. The first-order valence-corrected chi connectivity index (χ1v) is 13.8. The average Bonchev–Trinajstić information content (AvgIpc) is 2.90. The summed E-state index contributed by atoms with van der Waals surface area (Å²) in [6, 6.07) is -3.20. The number of likely N-dealkylation sites (N-methyl/N-ethyl adjacent to an activating group) is 1. The summed E-state index contributed by atoms with van der Waals surface area (Å²) in [5.41, 5.74) is 24.4. The van der Waals surface area contributed by atoms with Crippen LogP contribution in [0.5, 0.6) is 0 Å². The van der Waals surface area contributed by atoms with Crippen LogP contribution in [0.15, 0.2) is 0 Å². The van der Waals surface area contributed by atoms with E-state index in [1.54, 1.807) is 0 Å². The molecule has 15 N–H and O–H groups in total. The first-order chi connectivity index (χ1) is 18.5. The van der Waals surface area contributed by atoms with E-state index in [0.717, 1.165) is 13.0 Å². The lowest BCUT2D eigenvalue weighted by molar-refractivity contribution is -0.306. The number of amides is 1. The van der Waals surface area contributed by atoms with Crippen molar-refractivity contribution in [2.24, 2.45) is 28.9 Å². The smallest absolute Gasteiger partial charge is 0.249 e. The molecule has 3 rings (SSSR count). The molecule has 0 spiro atoms. The number of nitrogens with one attached hydrogen (secondary N) is 2. The summed E-state index contributed by atoms with van der Waals surface area (Å²) in [6.07, 6.45) is -8.60. The zero-order valence-electron chi connectivity index (χ0n) is 22.4. The topological polar surface area (TPSA) is 274 Å². The van der Waals surface area contributed by atoms with Gasteiger partial charge in [-0.25, -0.2) is 0 Å². The normalized spacial score (nSPS) is 44.1. The molecule has 0 aromatic rings. The molecular formula is C24H48N6O9. The van der Waals surface area contributed by atoms with E-state index >= 15 is 0 Å². The molecule has 2 saturated heterocycles. The Bertz CT molecular complexity index is 768. The van der Waals surface area contributed by atoms with Crippen LogP contribution in [0.4, 0.5) is 0 Å². The Hall–Kier alpha value is -1.05. The number of carbonyl (C=O) groups excluding carboxylic acids is 1. The van der Waals surface area contributed by atoms with Gasteiger partial charge in [-0.05, 0) is 38.8 Å². The van der Waals surface area contributed by atoms with Crippen LogP contribution in [-0.4, -0.2) is 137 Å². The number of aliphatic hydroxyl groups is 5. The molecule has 14 atom stereocenters. The van der Waals surface area contributed by atoms with E-state index in [1.165, 1.54) is 0 Å². The standard InChI is InChI=1S/C24H48N6O9/c1-2-29-8-10-3-4-11(26)21(37-10)16-12(27)7-13(30-23(36)14(32)5-6-25)22(19(16)34)39-24-20(35)17(28)18(33)15(9-31)38-24/h10-22,24,29,31-35H,2-9,25-28H2,1H3,(H,30,36). The fourth-order valence-corrected chi connectivity index (χ4v) is 5.77. The van der Waals surface area contributed by atoms with Gasteiger partial charge in [-0.1, -0.05) is 6.92 Å². The summed E-state index contributed by atoms with van der Waals surface area (Å²) in [7, 11) is 0. The Morgan fingerprint density at radius 2 is 1.79 bits per heavy atom. The minimum Gasteiger partial charge on any atom is -0.394 e. The van der Waals surface area contributed by atoms with Crippen molar-refractivity contribution in [2.45, 2.75) is 112 Å². The summed E-state index contributed by atoms with van der Waals surface area (Å²) in [4.78, 5) is 12.7. The van der Waals surface area contributed by atoms with Crippen LogP contribution in [0.3, 0.4) is 0 Å². The largest absolute Gasteiger partial charge is 0.394 e. The molecule has 1 saturated carbocycles. The Labute approximate surface area is 228 Å². The molecule has 2 heterocycles. The number of aliphatic hydroxyl groups excluding tert-OH is 5. The van der Waals surface area contributed by atoms with E-state index in [-0.39, 0.29) is 25.5 Å². The predicted molar refractivity (Wildman–Crippen MR) is 139 cm³/mol. The summed E-state index contributed by atoms with van der Waals surface area (Å²) >= 11 is 0. The van der Waals surface area contributed by atoms with Gasteiger partial charge in [0.05, 0.1) is 37.0 Å². The molecule has 0 bridgehead atoms. The quantitative estimate of drug-likeness (QED) is 0.112. The van der Waals surface area contributed by atoms with Gasteiger partial charge < -0.3 is 73.3 Å². The highest BCUT2D eigenvalue weighted by atomic mass is 16.7. The minimum atomic E-state index is -1.51. The van der Waals surface area contributed by atoms with E-state index in [9.17, 15) is 30.3 Å². The number of rotatable bonds is 11. The van der Waals surface area contributed by atoms with Crippen molar-refractivity contribution >= 4 is 5.91 Å². The maximum absolute atomic E-state index is 12.7. The fourth-order valence-electron chi connectivity index (χ4n) is 5.77. The maximum atomic E-state index is 12.7. The zero-order chi connectivity index (χ0) is 28.9. The Morgan fingerprint density at radius 1 is 1.08 bits per heavy atom. The van der Waals surface area contributed by atoms with E-state index in [1.807, 2.05) is 6.92 Å². The van der Waals surface area contributed by atoms with Gasteiger partial charge in [-0.3, -0.25) is 4.79 Å². The Morgan fingerprint density at radius 3 is 2.44 bits per heavy atom. The van der Waals surface area contributed by atoms with Gasteiger partial charge in [0.15, 0.2) is 6.29 Å². The molecular weight excluding hydrogens is 516 g/mol. The lowest BCUT2D eigenvalue weighted by atomic mass is 9.72. The van der Waals surface area contributed by atoms with Crippen LogP contribution in [-0.2, 0) is 19.0 Å². The van der Waals surface area contributed by atoms with Gasteiger partial charge in [0, 0.05) is 24.5 Å². The molecule has 1 amide bonds. The second-order valence-electron chi connectivity index (χ2n) is 10.8. The number of nitrogens with two attached hydrogens (primary N) is 4. The summed E-state index contributed by atoms with van der Waals surface area (Å²) in [5, 5.41) is 58.2. The fraction of sp³-hybridized carbons (Fsp3) is 0.958. The van der Waals surface area contributed by atoms with E-state index in [4.69, 9.17) is 37.1 Å². The molecule has 2 aliphatic heterocycles. The Balaban J connectivity index is 1.86. The van der Waals surface area contributed by atoms with Crippen LogP contribution in [0.25, 0.3) is 0 Å². The molecule has 228 valence electrons. The molecule has 15 heteroatoms. The maximum Gasteiger partial charge on any atom is 0.249 e. The first kappa shape index (κ1) is 32.5. The van der Waals surface area contributed by atoms with Gasteiger partial charge in [-0.15, -0.1) is 0 Å². The van der Waals surface area contributed by atoms with Crippen LogP contribution in [0, 0.1) is 5.92 Å². The van der Waals surface area contributed by atoms with Crippen molar-refractivity contribution < 1.29 is 44.5 Å². The molecule has 14 unspecified atom stereocenters. The van der Waals surface area contributed by atoms with E-state index < -0.39 is 91.6 Å². The zero-order valence-corrected chi connectivity index (χ0v) is 22.4. The third-order valence-electron chi connectivity index (χ3n) is 8.04. The van der Waals surface area contributed by atoms with Crippen LogP contribution in [0.1, 0.15) is 32.6 Å². The molecule has 1 aliphatic carbocycles. The van der Waals surface area contributed by atoms with Crippen LogP contribution >= 0.6 is 0 Å². The monoisotopic (exact) mass is 564 g/mol.